The fraction of sp³-hybridized carbons (Fsp3) is 0.750. The largest absolute Gasteiger partial charge is 0.394 e. The van der Waals surface area contributed by atoms with Crippen LogP contribution in [0.25, 0.3) is 0 Å². The second-order valence-corrected chi connectivity index (χ2v) is 6.49. The Balaban J connectivity index is 1.49. The predicted molar refractivity (Wildman–Crippen MR) is 79.9 cm³/mol. The highest BCUT2D eigenvalue weighted by Gasteiger charge is 2.34. The summed E-state index contributed by atoms with van der Waals surface area (Å²) < 4.78 is 5.74. The van der Waals surface area contributed by atoms with E-state index in [1.54, 1.807) is 0 Å². The van der Waals surface area contributed by atoms with Gasteiger partial charge in [0.25, 0.3) is 0 Å². The van der Waals surface area contributed by atoms with Crippen molar-refractivity contribution in [2.75, 3.05) is 6.61 Å². The Bertz CT molecular complexity index is 457. The van der Waals surface area contributed by atoms with E-state index in [1.807, 2.05) is 12.2 Å². The van der Waals surface area contributed by atoms with Gasteiger partial charge < -0.3 is 20.5 Å². The van der Waals surface area contributed by atoms with Crippen LogP contribution >= 0.6 is 0 Å². The van der Waals surface area contributed by atoms with Crippen molar-refractivity contribution in [2.24, 2.45) is 5.92 Å². The smallest absolute Gasteiger partial charge is 0.223 e. The third kappa shape index (κ3) is 3.87. The number of rotatable bonds is 6. The zero-order chi connectivity index (χ0) is 15.5. The van der Waals surface area contributed by atoms with E-state index in [4.69, 9.17) is 4.74 Å². The zero-order valence-electron chi connectivity index (χ0n) is 12.7. The van der Waals surface area contributed by atoms with Crippen molar-refractivity contribution in [1.82, 2.24) is 10.6 Å². The van der Waals surface area contributed by atoms with Gasteiger partial charge in [-0.1, -0.05) is 12.2 Å². The number of nitrogens with one attached hydrogen (secondary N) is 2. The lowest BCUT2D eigenvalue weighted by molar-refractivity contribution is -0.129. The van der Waals surface area contributed by atoms with Crippen molar-refractivity contribution in [1.29, 1.82) is 0 Å². The molecule has 3 N–H and O–H groups in total. The molecule has 6 nitrogen and oxygen atoms in total. The molecule has 1 heterocycles. The van der Waals surface area contributed by atoms with Crippen LogP contribution < -0.4 is 10.6 Å². The average Bonchev–Trinajstić information content (AvgIpc) is 3.29. The molecule has 2 fully saturated rings. The Morgan fingerprint density at radius 1 is 1.14 bits per heavy atom. The summed E-state index contributed by atoms with van der Waals surface area (Å²) in [6.45, 7) is -0.180. The van der Waals surface area contributed by atoms with Gasteiger partial charge in [0.2, 0.25) is 11.8 Å². The quantitative estimate of drug-likeness (QED) is 0.614. The molecule has 0 spiro atoms. The summed E-state index contributed by atoms with van der Waals surface area (Å²) in [5.41, 5.74) is 0. The maximum Gasteiger partial charge on any atom is 0.223 e. The molecule has 0 aromatic rings. The van der Waals surface area contributed by atoms with Gasteiger partial charge >= 0.3 is 0 Å². The van der Waals surface area contributed by atoms with Gasteiger partial charge in [0, 0.05) is 12.0 Å². The first-order chi connectivity index (χ1) is 10.7. The summed E-state index contributed by atoms with van der Waals surface area (Å²) in [6, 6.07) is 0.00308. The van der Waals surface area contributed by atoms with E-state index in [0.29, 0.717) is 6.04 Å². The van der Waals surface area contributed by atoms with Crippen LogP contribution in [0.4, 0.5) is 0 Å². The summed E-state index contributed by atoms with van der Waals surface area (Å²) in [5, 5.41) is 15.3. The SMILES string of the molecule is O=C(C[C@@H]1C=C[C@@H](NC(=O)C2CC2)[C@H](CO)O1)NC1CCC1. The summed E-state index contributed by atoms with van der Waals surface area (Å²) in [7, 11) is 0. The third-order valence-electron chi connectivity index (χ3n) is 4.58. The van der Waals surface area contributed by atoms with Crippen LogP contribution in [0.5, 0.6) is 0 Å². The minimum atomic E-state index is -0.491. The first-order valence-corrected chi connectivity index (χ1v) is 8.20. The summed E-state index contributed by atoms with van der Waals surface area (Å²) in [6.07, 6.45) is 8.25. The maximum absolute atomic E-state index is 11.9. The monoisotopic (exact) mass is 308 g/mol. The topological polar surface area (TPSA) is 87.7 Å². The highest BCUT2D eigenvalue weighted by atomic mass is 16.5. The number of carbonyl (C=O) groups is 2. The third-order valence-corrected chi connectivity index (χ3v) is 4.58. The highest BCUT2D eigenvalue weighted by molar-refractivity contribution is 5.81. The molecule has 22 heavy (non-hydrogen) atoms. The first-order valence-electron chi connectivity index (χ1n) is 8.20. The van der Waals surface area contributed by atoms with Crippen LogP contribution in [-0.4, -0.2) is 47.8 Å². The van der Waals surface area contributed by atoms with E-state index in [9.17, 15) is 14.7 Å². The van der Waals surface area contributed by atoms with Gasteiger partial charge in [-0.2, -0.15) is 0 Å². The molecular formula is C16H24N2O4. The molecule has 0 unspecified atom stereocenters. The summed E-state index contributed by atoms with van der Waals surface area (Å²) >= 11 is 0. The van der Waals surface area contributed by atoms with Crippen molar-refractivity contribution in [2.45, 2.75) is 62.8 Å². The molecule has 0 aromatic heterocycles. The molecule has 0 bridgehead atoms. The molecule has 6 heteroatoms. The maximum atomic E-state index is 11.9. The molecule has 2 amide bonds. The lowest BCUT2D eigenvalue weighted by atomic mass is 9.93. The highest BCUT2D eigenvalue weighted by Crippen LogP contribution is 2.29. The van der Waals surface area contributed by atoms with Crippen molar-refractivity contribution >= 4 is 11.8 Å². The minimum absolute atomic E-state index is 0.0171. The standard InChI is InChI=1S/C16H24N2O4/c19-9-14-13(18-16(21)10-4-5-10)7-6-12(22-14)8-15(20)17-11-2-1-3-11/h6-7,10-14,19H,1-5,8-9H2,(H,17,20)(H,18,21)/t12-,13+,14-/m0/s1. The second kappa shape index (κ2) is 6.79. The number of amides is 2. The van der Waals surface area contributed by atoms with Gasteiger partial charge in [-0.3, -0.25) is 9.59 Å². The van der Waals surface area contributed by atoms with E-state index in [2.05, 4.69) is 10.6 Å². The Morgan fingerprint density at radius 3 is 2.50 bits per heavy atom. The van der Waals surface area contributed by atoms with Crippen molar-refractivity contribution in [3.05, 3.63) is 12.2 Å². The molecule has 2 aliphatic carbocycles. The first kappa shape index (κ1) is 15.5. The van der Waals surface area contributed by atoms with Crippen LogP contribution in [0.15, 0.2) is 12.2 Å². The van der Waals surface area contributed by atoms with E-state index < -0.39 is 6.10 Å². The van der Waals surface area contributed by atoms with E-state index in [-0.39, 0.29) is 42.9 Å². The van der Waals surface area contributed by atoms with Gasteiger partial charge in [0.15, 0.2) is 0 Å². The average molecular weight is 308 g/mol. The van der Waals surface area contributed by atoms with Crippen molar-refractivity contribution < 1.29 is 19.4 Å². The van der Waals surface area contributed by atoms with Gasteiger partial charge in [-0.15, -0.1) is 0 Å². The predicted octanol–water partition coefficient (Wildman–Crippen LogP) is 0.256. The van der Waals surface area contributed by atoms with Gasteiger partial charge in [0.05, 0.1) is 25.2 Å². The van der Waals surface area contributed by atoms with Crippen molar-refractivity contribution in [3.8, 4) is 0 Å². The van der Waals surface area contributed by atoms with E-state index in [1.165, 1.54) is 6.42 Å². The number of aliphatic hydroxyl groups excluding tert-OH is 1. The number of carbonyl (C=O) groups excluding carboxylic acids is 2. The number of hydrogen-bond acceptors (Lipinski definition) is 4. The zero-order valence-corrected chi connectivity index (χ0v) is 12.7. The molecule has 122 valence electrons. The molecule has 3 aliphatic rings. The van der Waals surface area contributed by atoms with E-state index >= 15 is 0 Å². The Labute approximate surface area is 130 Å². The number of ether oxygens (including phenoxy) is 1. The fourth-order valence-electron chi connectivity index (χ4n) is 2.79. The van der Waals surface area contributed by atoms with Gasteiger partial charge in [-0.25, -0.2) is 0 Å². The Morgan fingerprint density at radius 2 is 1.91 bits per heavy atom. The molecular weight excluding hydrogens is 284 g/mol. The van der Waals surface area contributed by atoms with Crippen LogP contribution in [-0.2, 0) is 14.3 Å². The van der Waals surface area contributed by atoms with Crippen molar-refractivity contribution in [3.63, 3.8) is 0 Å². The Hall–Kier alpha value is -1.40. The van der Waals surface area contributed by atoms with Crippen LogP contribution in [0.1, 0.15) is 38.5 Å². The number of aliphatic hydroxyl groups is 1. The van der Waals surface area contributed by atoms with Crippen LogP contribution in [0.3, 0.4) is 0 Å². The lowest BCUT2D eigenvalue weighted by Gasteiger charge is -2.32. The molecule has 3 rings (SSSR count). The summed E-state index contributed by atoms with van der Waals surface area (Å²) in [4.78, 5) is 23.7. The Kier molecular flexibility index (Phi) is 4.78. The van der Waals surface area contributed by atoms with Gasteiger partial charge in [0.1, 0.15) is 6.10 Å². The number of hydrogen-bond donors (Lipinski definition) is 3. The van der Waals surface area contributed by atoms with Crippen LogP contribution in [0, 0.1) is 5.92 Å². The lowest BCUT2D eigenvalue weighted by Crippen LogP contribution is -2.49. The summed E-state index contributed by atoms with van der Waals surface area (Å²) in [5.74, 6) is 0.133. The molecule has 2 saturated carbocycles. The molecule has 1 aliphatic heterocycles. The molecule has 0 radical (unpaired) electrons. The van der Waals surface area contributed by atoms with Gasteiger partial charge in [-0.05, 0) is 32.1 Å². The second-order valence-electron chi connectivity index (χ2n) is 6.49. The molecule has 3 atom stereocenters. The minimum Gasteiger partial charge on any atom is -0.394 e. The fourth-order valence-corrected chi connectivity index (χ4v) is 2.79. The van der Waals surface area contributed by atoms with Crippen LogP contribution in [0.2, 0.25) is 0 Å². The van der Waals surface area contributed by atoms with E-state index in [0.717, 1.165) is 25.7 Å². The molecule has 0 saturated heterocycles. The normalized spacial score (nSPS) is 31.4. The molecule has 0 aromatic carbocycles.